The van der Waals surface area contributed by atoms with Crippen molar-refractivity contribution in [2.24, 2.45) is 5.92 Å². The van der Waals surface area contributed by atoms with E-state index in [1.54, 1.807) is 0 Å². The predicted molar refractivity (Wildman–Crippen MR) is 82.0 cm³/mol. The topological polar surface area (TPSA) is 39.7 Å². The van der Waals surface area contributed by atoms with Crippen LogP contribution in [0.5, 0.6) is 11.5 Å². The number of fused-ring (bicyclic) bond motifs is 1. The molecule has 3 rings (SSSR count). The molecule has 1 aromatic rings. The van der Waals surface area contributed by atoms with Crippen molar-refractivity contribution in [3.63, 3.8) is 0 Å². The normalized spacial score (nSPS) is 25.8. The van der Waals surface area contributed by atoms with E-state index in [1.807, 2.05) is 6.07 Å². The van der Waals surface area contributed by atoms with Gasteiger partial charge in [0, 0.05) is 18.6 Å². The van der Waals surface area contributed by atoms with Gasteiger partial charge in [-0.15, -0.1) is 0 Å². The van der Waals surface area contributed by atoms with Crippen LogP contribution in [0.25, 0.3) is 0 Å². The summed E-state index contributed by atoms with van der Waals surface area (Å²) in [5.41, 5.74) is 1.27. The third-order valence-corrected chi connectivity index (χ3v) is 4.44. The molecule has 1 fully saturated rings. The number of rotatable bonds is 5. The predicted octanol–water partition coefficient (Wildman–Crippen LogP) is 2.92. The molecule has 2 aliphatic rings. The van der Waals surface area contributed by atoms with E-state index >= 15 is 0 Å². The molecule has 2 aliphatic heterocycles. The van der Waals surface area contributed by atoms with Gasteiger partial charge in [0.1, 0.15) is 13.2 Å². The summed E-state index contributed by atoms with van der Waals surface area (Å²) in [5, 5.41) is 3.64. The minimum Gasteiger partial charge on any atom is -0.486 e. The zero-order valence-corrected chi connectivity index (χ0v) is 12.9. The quantitative estimate of drug-likeness (QED) is 0.905. The highest BCUT2D eigenvalue weighted by Gasteiger charge is 2.34. The Bertz CT molecular complexity index is 477. The first-order chi connectivity index (χ1) is 10.3. The van der Waals surface area contributed by atoms with Crippen molar-refractivity contribution in [2.45, 2.75) is 38.8 Å². The second-order valence-corrected chi connectivity index (χ2v) is 5.71. The summed E-state index contributed by atoms with van der Waals surface area (Å²) in [5.74, 6) is 2.25. The van der Waals surface area contributed by atoms with Crippen molar-refractivity contribution >= 4 is 0 Å². The van der Waals surface area contributed by atoms with Gasteiger partial charge in [0.05, 0.1) is 6.10 Å². The van der Waals surface area contributed by atoms with Crippen LogP contribution in [0.3, 0.4) is 0 Å². The van der Waals surface area contributed by atoms with E-state index in [9.17, 15) is 0 Å². The first kappa shape index (κ1) is 14.7. The smallest absolute Gasteiger partial charge is 0.161 e. The van der Waals surface area contributed by atoms with Gasteiger partial charge in [-0.2, -0.15) is 0 Å². The monoisotopic (exact) mass is 291 g/mol. The lowest BCUT2D eigenvalue weighted by Gasteiger charge is -2.29. The molecule has 0 bridgehead atoms. The maximum atomic E-state index is 5.88. The lowest BCUT2D eigenvalue weighted by molar-refractivity contribution is 0.0775. The van der Waals surface area contributed by atoms with E-state index in [4.69, 9.17) is 14.2 Å². The molecule has 4 heteroatoms. The third kappa shape index (κ3) is 3.01. The fourth-order valence-electron chi connectivity index (χ4n) is 3.46. The molecule has 116 valence electrons. The zero-order chi connectivity index (χ0) is 14.7. The Morgan fingerprint density at radius 3 is 2.71 bits per heavy atom. The molecule has 0 aliphatic carbocycles. The van der Waals surface area contributed by atoms with Gasteiger partial charge in [-0.3, -0.25) is 0 Å². The first-order valence-corrected chi connectivity index (χ1v) is 8.08. The molecule has 21 heavy (non-hydrogen) atoms. The lowest BCUT2D eigenvalue weighted by Crippen LogP contribution is -2.32. The van der Waals surface area contributed by atoms with Gasteiger partial charge in [0.15, 0.2) is 11.5 Å². The highest BCUT2D eigenvalue weighted by atomic mass is 16.6. The molecule has 1 saturated heterocycles. The molecule has 1 aromatic carbocycles. The number of benzene rings is 1. The summed E-state index contributed by atoms with van der Waals surface area (Å²) in [4.78, 5) is 0. The largest absolute Gasteiger partial charge is 0.486 e. The van der Waals surface area contributed by atoms with Gasteiger partial charge in [-0.05, 0) is 37.1 Å². The maximum Gasteiger partial charge on any atom is 0.161 e. The van der Waals surface area contributed by atoms with Crippen molar-refractivity contribution in [1.82, 2.24) is 5.32 Å². The van der Waals surface area contributed by atoms with E-state index < -0.39 is 0 Å². The Morgan fingerprint density at radius 1 is 1.14 bits per heavy atom. The molecular weight excluding hydrogens is 266 g/mol. The second kappa shape index (κ2) is 6.67. The van der Waals surface area contributed by atoms with Crippen LogP contribution in [0.1, 0.15) is 38.3 Å². The number of hydrogen-bond acceptors (Lipinski definition) is 4. The molecule has 3 unspecified atom stereocenters. The van der Waals surface area contributed by atoms with Crippen LogP contribution in [0.4, 0.5) is 0 Å². The van der Waals surface area contributed by atoms with E-state index in [0.29, 0.717) is 31.3 Å². The minimum atomic E-state index is 0.318. The Hall–Kier alpha value is -1.26. The van der Waals surface area contributed by atoms with Crippen LogP contribution < -0.4 is 14.8 Å². The fourth-order valence-corrected chi connectivity index (χ4v) is 3.46. The van der Waals surface area contributed by atoms with Crippen LogP contribution in [0.15, 0.2) is 18.2 Å². The van der Waals surface area contributed by atoms with E-state index in [2.05, 4.69) is 31.3 Å². The van der Waals surface area contributed by atoms with Crippen LogP contribution >= 0.6 is 0 Å². The van der Waals surface area contributed by atoms with E-state index in [1.165, 1.54) is 5.56 Å². The van der Waals surface area contributed by atoms with Crippen molar-refractivity contribution < 1.29 is 14.2 Å². The Balaban J connectivity index is 1.86. The summed E-state index contributed by atoms with van der Waals surface area (Å²) in [7, 11) is 0. The van der Waals surface area contributed by atoms with Crippen molar-refractivity contribution in [3.8, 4) is 11.5 Å². The fraction of sp³-hybridized carbons (Fsp3) is 0.647. The van der Waals surface area contributed by atoms with E-state index in [0.717, 1.165) is 37.5 Å². The van der Waals surface area contributed by atoms with Gasteiger partial charge < -0.3 is 19.5 Å². The van der Waals surface area contributed by atoms with Crippen LogP contribution in [0.2, 0.25) is 0 Å². The number of nitrogens with one attached hydrogen (secondary N) is 1. The van der Waals surface area contributed by atoms with Crippen molar-refractivity contribution in [2.75, 3.05) is 26.4 Å². The van der Waals surface area contributed by atoms with E-state index in [-0.39, 0.29) is 0 Å². The average molecular weight is 291 g/mol. The Kier molecular flexibility index (Phi) is 4.66. The highest BCUT2D eigenvalue weighted by Crippen LogP contribution is 2.38. The molecule has 4 nitrogen and oxygen atoms in total. The number of hydrogen-bond donors (Lipinski definition) is 1. The molecule has 0 aromatic heterocycles. The zero-order valence-electron chi connectivity index (χ0n) is 12.9. The standard InChI is InChI=1S/C17H25NO3/c1-3-14-13(7-8-19-14)17(18-4-2)12-5-6-15-16(11-12)21-10-9-20-15/h5-6,11,13-14,17-18H,3-4,7-10H2,1-2H3. The summed E-state index contributed by atoms with van der Waals surface area (Å²) in [6, 6.07) is 6.64. The highest BCUT2D eigenvalue weighted by molar-refractivity contribution is 5.44. The van der Waals surface area contributed by atoms with Crippen LogP contribution in [0, 0.1) is 5.92 Å². The summed E-state index contributed by atoms with van der Waals surface area (Å²) in [6.45, 7) is 7.45. The first-order valence-electron chi connectivity index (χ1n) is 8.08. The average Bonchev–Trinajstić information content (AvgIpc) is 3.00. The molecule has 2 heterocycles. The van der Waals surface area contributed by atoms with Crippen molar-refractivity contribution in [1.29, 1.82) is 0 Å². The maximum absolute atomic E-state index is 5.88. The minimum absolute atomic E-state index is 0.318. The molecule has 0 spiro atoms. The SMILES string of the molecule is CCNC(c1ccc2c(c1)OCCO2)C1CCOC1CC. The second-order valence-electron chi connectivity index (χ2n) is 5.71. The van der Waals surface area contributed by atoms with Crippen molar-refractivity contribution in [3.05, 3.63) is 23.8 Å². The molecule has 3 atom stereocenters. The van der Waals surface area contributed by atoms with Gasteiger partial charge >= 0.3 is 0 Å². The third-order valence-electron chi connectivity index (χ3n) is 4.44. The Morgan fingerprint density at radius 2 is 1.95 bits per heavy atom. The van der Waals surface area contributed by atoms with Gasteiger partial charge in [0.25, 0.3) is 0 Å². The van der Waals surface area contributed by atoms with Crippen LogP contribution in [-0.4, -0.2) is 32.5 Å². The summed E-state index contributed by atoms with van der Waals surface area (Å²) >= 11 is 0. The Labute approximate surface area is 126 Å². The van der Waals surface area contributed by atoms with Gasteiger partial charge in [0.2, 0.25) is 0 Å². The van der Waals surface area contributed by atoms with Crippen LogP contribution in [-0.2, 0) is 4.74 Å². The molecule has 0 radical (unpaired) electrons. The molecular formula is C17H25NO3. The molecule has 1 N–H and O–H groups in total. The van der Waals surface area contributed by atoms with Gasteiger partial charge in [-0.1, -0.05) is 19.9 Å². The summed E-state index contributed by atoms with van der Waals surface area (Å²) in [6.07, 6.45) is 2.53. The van der Waals surface area contributed by atoms with Gasteiger partial charge in [-0.25, -0.2) is 0 Å². The lowest BCUT2D eigenvalue weighted by atomic mass is 9.86. The summed E-state index contributed by atoms with van der Waals surface area (Å²) < 4.78 is 17.2. The number of ether oxygens (including phenoxy) is 3. The molecule has 0 saturated carbocycles. The molecule has 0 amide bonds.